The molecule has 90 valence electrons. The molecule has 0 bridgehead atoms. The number of phenols is 1. The van der Waals surface area contributed by atoms with Crippen molar-refractivity contribution in [2.24, 2.45) is 0 Å². The number of halogens is 1. The van der Waals surface area contributed by atoms with Crippen molar-refractivity contribution in [3.8, 4) is 5.75 Å². The van der Waals surface area contributed by atoms with Gasteiger partial charge in [0.15, 0.2) is 11.6 Å². The third kappa shape index (κ3) is 4.86. The second-order valence-corrected chi connectivity index (χ2v) is 4.65. The van der Waals surface area contributed by atoms with Gasteiger partial charge in [0.1, 0.15) is 0 Å². The van der Waals surface area contributed by atoms with Gasteiger partial charge in [-0.3, -0.25) is 0 Å². The smallest absolute Gasteiger partial charge is 0.165 e. The first-order chi connectivity index (χ1) is 7.74. The molecule has 0 radical (unpaired) electrons. The number of hydrogen-bond donors (Lipinski definition) is 2. The monoisotopic (exact) mass is 243 g/mol. The quantitative estimate of drug-likeness (QED) is 0.722. The molecule has 0 fully saturated rings. The normalized spacial score (nSPS) is 10.6. The molecular formula is C12H18FNOS. The van der Waals surface area contributed by atoms with Gasteiger partial charge in [-0.05, 0) is 49.1 Å². The summed E-state index contributed by atoms with van der Waals surface area (Å²) in [5, 5.41) is 12.3. The standard InChI is InChI=1S/C12H18FNOS/c1-16-7-3-2-6-14-9-10-4-5-12(15)11(13)8-10/h4-5,8,14-15H,2-3,6-7,9H2,1H3. The van der Waals surface area contributed by atoms with Crippen molar-refractivity contribution in [1.29, 1.82) is 0 Å². The van der Waals surface area contributed by atoms with Crippen molar-refractivity contribution >= 4 is 11.8 Å². The van der Waals surface area contributed by atoms with E-state index in [0.29, 0.717) is 6.54 Å². The first kappa shape index (κ1) is 13.3. The van der Waals surface area contributed by atoms with Gasteiger partial charge in [0, 0.05) is 6.54 Å². The van der Waals surface area contributed by atoms with Crippen molar-refractivity contribution < 1.29 is 9.50 Å². The van der Waals surface area contributed by atoms with E-state index in [1.54, 1.807) is 6.07 Å². The minimum Gasteiger partial charge on any atom is -0.505 e. The van der Waals surface area contributed by atoms with E-state index in [9.17, 15) is 4.39 Å². The molecule has 1 rings (SSSR count). The number of aromatic hydroxyl groups is 1. The molecule has 0 aromatic heterocycles. The fourth-order valence-corrected chi connectivity index (χ4v) is 1.88. The van der Waals surface area contributed by atoms with Gasteiger partial charge in [0.05, 0.1) is 0 Å². The second kappa shape index (κ2) is 7.52. The lowest BCUT2D eigenvalue weighted by atomic mass is 10.2. The average Bonchev–Trinajstić information content (AvgIpc) is 2.28. The highest BCUT2D eigenvalue weighted by atomic mass is 32.2. The highest BCUT2D eigenvalue weighted by molar-refractivity contribution is 7.98. The summed E-state index contributed by atoms with van der Waals surface area (Å²) in [5.74, 6) is 0.348. The highest BCUT2D eigenvalue weighted by Gasteiger charge is 2.00. The molecule has 1 aromatic carbocycles. The molecule has 0 heterocycles. The van der Waals surface area contributed by atoms with E-state index in [1.807, 2.05) is 11.8 Å². The predicted octanol–water partition coefficient (Wildman–Crippen LogP) is 2.76. The van der Waals surface area contributed by atoms with Gasteiger partial charge in [-0.2, -0.15) is 11.8 Å². The molecule has 0 aliphatic heterocycles. The fourth-order valence-electron chi connectivity index (χ4n) is 1.39. The molecule has 0 saturated heterocycles. The van der Waals surface area contributed by atoms with E-state index >= 15 is 0 Å². The summed E-state index contributed by atoms with van der Waals surface area (Å²) in [5.41, 5.74) is 0.861. The van der Waals surface area contributed by atoms with E-state index < -0.39 is 5.82 Å². The molecule has 4 heteroatoms. The SMILES string of the molecule is CSCCCCNCc1ccc(O)c(F)c1. The fraction of sp³-hybridized carbons (Fsp3) is 0.500. The van der Waals surface area contributed by atoms with Gasteiger partial charge in [-0.25, -0.2) is 4.39 Å². The van der Waals surface area contributed by atoms with Gasteiger partial charge in [-0.1, -0.05) is 6.07 Å². The Morgan fingerprint density at radius 2 is 2.19 bits per heavy atom. The number of hydrogen-bond acceptors (Lipinski definition) is 3. The van der Waals surface area contributed by atoms with Crippen molar-refractivity contribution in [3.05, 3.63) is 29.6 Å². The lowest BCUT2D eigenvalue weighted by molar-refractivity contribution is 0.431. The molecule has 2 N–H and O–H groups in total. The number of phenolic OH excluding ortho intramolecular Hbond substituents is 1. The molecule has 0 atom stereocenters. The van der Waals surface area contributed by atoms with E-state index in [4.69, 9.17) is 5.11 Å². The van der Waals surface area contributed by atoms with E-state index in [0.717, 1.165) is 18.5 Å². The first-order valence-corrected chi connectivity index (χ1v) is 6.80. The molecule has 0 amide bonds. The molecule has 0 aliphatic carbocycles. The summed E-state index contributed by atoms with van der Waals surface area (Å²) < 4.78 is 13.0. The lowest BCUT2D eigenvalue weighted by Crippen LogP contribution is -2.14. The topological polar surface area (TPSA) is 32.3 Å². The summed E-state index contributed by atoms with van der Waals surface area (Å²) in [7, 11) is 0. The van der Waals surface area contributed by atoms with E-state index in [2.05, 4.69) is 11.6 Å². The summed E-state index contributed by atoms with van der Waals surface area (Å²) in [6, 6.07) is 4.48. The summed E-state index contributed by atoms with van der Waals surface area (Å²) >= 11 is 1.85. The van der Waals surface area contributed by atoms with Crippen molar-refractivity contribution in [1.82, 2.24) is 5.32 Å². The van der Waals surface area contributed by atoms with Crippen LogP contribution in [-0.4, -0.2) is 23.7 Å². The summed E-state index contributed by atoms with van der Waals surface area (Å²) in [4.78, 5) is 0. The van der Waals surface area contributed by atoms with Crippen LogP contribution >= 0.6 is 11.8 Å². The van der Waals surface area contributed by atoms with Crippen LogP contribution < -0.4 is 5.32 Å². The van der Waals surface area contributed by atoms with Gasteiger partial charge in [0.2, 0.25) is 0 Å². The average molecular weight is 243 g/mol. The van der Waals surface area contributed by atoms with Crippen LogP contribution in [0, 0.1) is 5.82 Å². The van der Waals surface area contributed by atoms with Crippen LogP contribution in [0.1, 0.15) is 18.4 Å². The Morgan fingerprint density at radius 1 is 1.38 bits per heavy atom. The number of unbranched alkanes of at least 4 members (excludes halogenated alkanes) is 1. The van der Waals surface area contributed by atoms with Gasteiger partial charge >= 0.3 is 0 Å². The Balaban J connectivity index is 2.19. The van der Waals surface area contributed by atoms with Crippen molar-refractivity contribution in [2.45, 2.75) is 19.4 Å². The summed E-state index contributed by atoms with van der Waals surface area (Å²) in [6.45, 7) is 1.60. The Bertz CT molecular complexity index is 320. The van der Waals surface area contributed by atoms with Crippen LogP contribution in [-0.2, 0) is 6.54 Å². The second-order valence-electron chi connectivity index (χ2n) is 3.66. The number of thioether (sulfide) groups is 1. The molecule has 1 aromatic rings. The van der Waals surface area contributed by atoms with E-state index in [-0.39, 0.29) is 5.75 Å². The Hall–Kier alpha value is -0.740. The Kier molecular flexibility index (Phi) is 6.26. The number of benzene rings is 1. The van der Waals surface area contributed by atoms with Gasteiger partial charge in [0.25, 0.3) is 0 Å². The van der Waals surface area contributed by atoms with Gasteiger partial charge in [-0.15, -0.1) is 0 Å². The number of rotatable bonds is 7. The largest absolute Gasteiger partial charge is 0.505 e. The van der Waals surface area contributed by atoms with Crippen LogP contribution in [0.2, 0.25) is 0 Å². The zero-order valence-electron chi connectivity index (χ0n) is 9.50. The molecular weight excluding hydrogens is 225 g/mol. The Morgan fingerprint density at radius 3 is 2.88 bits per heavy atom. The third-order valence-corrected chi connectivity index (χ3v) is 2.99. The minimum atomic E-state index is -0.554. The first-order valence-electron chi connectivity index (χ1n) is 5.41. The van der Waals surface area contributed by atoms with E-state index in [1.165, 1.54) is 24.3 Å². The molecule has 16 heavy (non-hydrogen) atoms. The molecule has 2 nitrogen and oxygen atoms in total. The third-order valence-electron chi connectivity index (χ3n) is 2.29. The Labute approximate surface area is 100 Å². The summed E-state index contributed by atoms with van der Waals surface area (Å²) in [6.07, 6.45) is 4.45. The molecule has 0 unspecified atom stereocenters. The maximum atomic E-state index is 13.0. The molecule has 0 aliphatic rings. The highest BCUT2D eigenvalue weighted by Crippen LogP contribution is 2.15. The minimum absolute atomic E-state index is 0.288. The van der Waals surface area contributed by atoms with Crippen LogP contribution in [0.25, 0.3) is 0 Å². The number of nitrogens with one attached hydrogen (secondary N) is 1. The van der Waals surface area contributed by atoms with Crippen LogP contribution in [0.3, 0.4) is 0 Å². The zero-order chi connectivity index (χ0) is 11.8. The maximum absolute atomic E-state index is 13.0. The predicted molar refractivity (Wildman–Crippen MR) is 67.4 cm³/mol. The molecule has 0 saturated carbocycles. The van der Waals surface area contributed by atoms with Crippen LogP contribution in [0.15, 0.2) is 18.2 Å². The van der Waals surface area contributed by atoms with Crippen molar-refractivity contribution in [3.63, 3.8) is 0 Å². The zero-order valence-corrected chi connectivity index (χ0v) is 10.3. The van der Waals surface area contributed by atoms with Crippen molar-refractivity contribution in [2.75, 3.05) is 18.6 Å². The lowest BCUT2D eigenvalue weighted by Gasteiger charge is -2.05. The van der Waals surface area contributed by atoms with Crippen LogP contribution in [0.5, 0.6) is 5.75 Å². The molecule has 0 spiro atoms. The van der Waals surface area contributed by atoms with Crippen LogP contribution in [0.4, 0.5) is 4.39 Å². The van der Waals surface area contributed by atoms with Gasteiger partial charge < -0.3 is 10.4 Å². The maximum Gasteiger partial charge on any atom is 0.165 e.